The SMILES string of the molecule is COc1c2cc(P(=O)(O)O)cc1Cc1cccc(c1O)Cc1cc(P(=O)(O)O)cc(c1OC)Cc1cccc(c1O)C2. The van der Waals surface area contributed by atoms with E-state index in [1.807, 2.05) is 0 Å². The molecule has 0 aliphatic heterocycles. The highest BCUT2D eigenvalue weighted by Crippen LogP contribution is 2.42. The van der Waals surface area contributed by atoms with Crippen LogP contribution in [0.15, 0.2) is 60.7 Å². The van der Waals surface area contributed by atoms with Crippen molar-refractivity contribution >= 4 is 25.8 Å². The molecule has 1 aliphatic rings. The first-order chi connectivity index (χ1) is 19.8. The van der Waals surface area contributed by atoms with Crippen molar-refractivity contribution in [3.8, 4) is 23.0 Å². The molecule has 0 saturated carbocycles. The van der Waals surface area contributed by atoms with Crippen molar-refractivity contribution < 1.29 is 48.4 Å². The highest BCUT2D eigenvalue weighted by atomic mass is 31.2. The van der Waals surface area contributed by atoms with Crippen molar-refractivity contribution in [2.75, 3.05) is 14.2 Å². The molecule has 0 fully saturated rings. The van der Waals surface area contributed by atoms with Gasteiger partial charge in [-0.25, -0.2) is 0 Å². The second kappa shape index (κ2) is 11.2. The number of phenolic OH excluding ortho intramolecular Hbond substituents is 2. The quantitative estimate of drug-likeness (QED) is 0.165. The van der Waals surface area contributed by atoms with Gasteiger partial charge in [0.15, 0.2) is 0 Å². The van der Waals surface area contributed by atoms with Crippen LogP contribution in [0.1, 0.15) is 44.5 Å². The average molecular weight is 613 g/mol. The Labute approximate surface area is 242 Å². The number of para-hydroxylation sites is 2. The smallest absolute Gasteiger partial charge is 0.356 e. The first kappa shape index (κ1) is 29.9. The van der Waals surface area contributed by atoms with E-state index >= 15 is 0 Å². The molecule has 220 valence electrons. The summed E-state index contributed by atoms with van der Waals surface area (Å²) in [4.78, 5) is 40.2. The van der Waals surface area contributed by atoms with Gasteiger partial charge in [-0.3, -0.25) is 9.13 Å². The van der Waals surface area contributed by atoms with Crippen LogP contribution in [0.4, 0.5) is 0 Å². The van der Waals surface area contributed by atoms with Crippen molar-refractivity contribution in [3.63, 3.8) is 0 Å². The van der Waals surface area contributed by atoms with Gasteiger partial charge < -0.3 is 39.3 Å². The molecule has 4 aromatic carbocycles. The summed E-state index contributed by atoms with van der Waals surface area (Å²) < 4.78 is 36.2. The van der Waals surface area contributed by atoms with E-state index in [0.29, 0.717) is 56.0 Å². The zero-order valence-corrected chi connectivity index (χ0v) is 24.6. The number of phenols is 2. The molecule has 5 rings (SSSR count). The Hall–Kier alpha value is -3.62. The molecular weight excluding hydrogens is 582 g/mol. The number of ether oxygens (including phenoxy) is 2. The van der Waals surface area contributed by atoms with Gasteiger partial charge in [0, 0.05) is 25.7 Å². The van der Waals surface area contributed by atoms with Crippen LogP contribution >= 0.6 is 15.2 Å². The van der Waals surface area contributed by atoms with E-state index in [1.54, 1.807) is 36.4 Å². The summed E-state index contributed by atoms with van der Waals surface area (Å²) in [7, 11) is -6.47. The largest absolute Gasteiger partial charge is 0.507 e. The van der Waals surface area contributed by atoms with E-state index in [2.05, 4.69) is 0 Å². The van der Waals surface area contributed by atoms with Gasteiger partial charge in [0.25, 0.3) is 0 Å². The normalized spacial score (nSPS) is 13.5. The summed E-state index contributed by atoms with van der Waals surface area (Å²) in [6.45, 7) is 0. The van der Waals surface area contributed by atoms with Gasteiger partial charge in [-0.1, -0.05) is 36.4 Å². The highest BCUT2D eigenvalue weighted by molar-refractivity contribution is 7.60. The summed E-state index contributed by atoms with van der Waals surface area (Å²) in [5.41, 5.74) is 3.48. The van der Waals surface area contributed by atoms with Crippen molar-refractivity contribution in [2.45, 2.75) is 25.7 Å². The Balaban J connectivity index is 1.82. The minimum absolute atomic E-state index is 0.0562. The fourth-order valence-electron chi connectivity index (χ4n) is 5.54. The predicted molar refractivity (Wildman–Crippen MR) is 157 cm³/mol. The van der Waals surface area contributed by atoms with Crippen molar-refractivity contribution in [3.05, 3.63) is 105 Å². The van der Waals surface area contributed by atoms with Gasteiger partial charge in [0.2, 0.25) is 0 Å². The topological polar surface area (TPSA) is 174 Å². The van der Waals surface area contributed by atoms with E-state index in [9.17, 15) is 38.9 Å². The molecule has 10 nitrogen and oxygen atoms in total. The number of aromatic hydroxyl groups is 2. The van der Waals surface area contributed by atoms with Crippen LogP contribution < -0.4 is 20.1 Å². The molecule has 0 atom stereocenters. The Bertz CT molecular complexity index is 1570. The fraction of sp³-hybridized carbons (Fsp3) is 0.200. The lowest BCUT2D eigenvalue weighted by Gasteiger charge is -2.21. The number of hydrogen-bond acceptors (Lipinski definition) is 6. The van der Waals surface area contributed by atoms with Crippen LogP contribution in [0, 0.1) is 0 Å². The second-order valence-corrected chi connectivity index (χ2v) is 13.4. The zero-order valence-electron chi connectivity index (χ0n) is 22.8. The third kappa shape index (κ3) is 5.83. The number of rotatable bonds is 4. The summed E-state index contributed by atoms with van der Waals surface area (Å²) in [5.74, 6) is 0.574. The minimum Gasteiger partial charge on any atom is -0.507 e. The van der Waals surface area contributed by atoms with Crippen molar-refractivity contribution in [1.29, 1.82) is 0 Å². The third-order valence-electron chi connectivity index (χ3n) is 7.47. The monoisotopic (exact) mass is 612 g/mol. The van der Waals surface area contributed by atoms with Gasteiger partial charge >= 0.3 is 15.2 Å². The number of fused-ring (bicyclic) bond motifs is 8. The fourth-order valence-corrected chi connectivity index (χ4v) is 6.83. The first-order valence-corrected chi connectivity index (χ1v) is 16.1. The molecule has 0 unspecified atom stereocenters. The number of hydrogen-bond donors (Lipinski definition) is 6. The molecule has 6 N–H and O–H groups in total. The third-order valence-corrected chi connectivity index (χ3v) is 9.33. The van der Waals surface area contributed by atoms with Gasteiger partial charge in [-0.05, 0) is 68.8 Å². The van der Waals surface area contributed by atoms with Crippen LogP contribution in [0.25, 0.3) is 0 Å². The maximum Gasteiger partial charge on any atom is 0.356 e. The van der Waals surface area contributed by atoms with Crippen molar-refractivity contribution in [1.82, 2.24) is 0 Å². The maximum absolute atomic E-state index is 12.4. The van der Waals surface area contributed by atoms with E-state index < -0.39 is 15.2 Å². The van der Waals surface area contributed by atoms with E-state index in [1.165, 1.54) is 38.5 Å². The van der Waals surface area contributed by atoms with Gasteiger partial charge in [-0.2, -0.15) is 0 Å². The molecular formula is C30H30O10P2. The molecule has 0 radical (unpaired) electrons. The molecule has 12 heteroatoms. The zero-order chi connectivity index (χ0) is 30.4. The summed E-state index contributed by atoms with van der Waals surface area (Å²) in [6, 6.07) is 15.6. The van der Waals surface area contributed by atoms with Crippen molar-refractivity contribution in [2.24, 2.45) is 0 Å². The van der Waals surface area contributed by atoms with Crippen LogP contribution in [0.5, 0.6) is 23.0 Å². The molecule has 0 aromatic heterocycles. The molecule has 0 spiro atoms. The Morgan fingerprint density at radius 2 is 0.786 bits per heavy atom. The highest BCUT2D eigenvalue weighted by Gasteiger charge is 2.26. The van der Waals surface area contributed by atoms with Crippen LogP contribution in [-0.4, -0.2) is 44.0 Å². The lowest BCUT2D eigenvalue weighted by Crippen LogP contribution is -2.12. The lowest BCUT2D eigenvalue weighted by atomic mass is 9.91. The standard InChI is InChI=1S/C30H30O10P2/c1-39-29-21-9-17-5-3-7-19(27(17)31)11-23-15-26(42(36,37)38)16-24(30(23)40-2)12-20-8-4-6-18(28(20)32)10-22(29)14-25(13-21)41(33,34)35/h3-8,13-16,31-32H,9-12H2,1-2H3,(H2,33,34,35)(H2,36,37,38). The van der Waals surface area contributed by atoms with Crippen LogP contribution in [-0.2, 0) is 34.8 Å². The number of methoxy groups -OCH3 is 2. The maximum atomic E-state index is 12.4. The van der Waals surface area contributed by atoms with Gasteiger partial charge in [0.1, 0.15) is 23.0 Å². The molecule has 1 aliphatic carbocycles. The Morgan fingerprint density at radius 1 is 0.524 bits per heavy atom. The molecule has 0 amide bonds. The Kier molecular flexibility index (Phi) is 7.98. The van der Waals surface area contributed by atoms with E-state index in [4.69, 9.17) is 9.47 Å². The summed E-state index contributed by atoms with van der Waals surface area (Å²) in [5, 5.41) is 22.2. The predicted octanol–water partition coefficient (Wildman–Crippen LogP) is 3.40. The molecule has 4 aromatic rings. The summed E-state index contributed by atoms with van der Waals surface area (Å²) >= 11 is 0. The van der Waals surface area contributed by atoms with E-state index in [-0.39, 0.29) is 47.8 Å². The van der Waals surface area contributed by atoms with Crippen LogP contribution in [0.3, 0.4) is 0 Å². The minimum atomic E-state index is -4.68. The molecule has 8 bridgehead atoms. The van der Waals surface area contributed by atoms with Gasteiger partial charge in [-0.15, -0.1) is 0 Å². The van der Waals surface area contributed by atoms with Crippen LogP contribution in [0.2, 0.25) is 0 Å². The lowest BCUT2D eigenvalue weighted by molar-refractivity contribution is 0.384. The van der Waals surface area contributed by atoms with Gasteiger partial charge in [0.05, 0.1) is 24.8 Å². The number of benzene rings is 4. The summed E-state index contributed by atoms with van der Waals surface area (Å²) in [6.07, 6.45) is 0.225. The molecule has 0 heterocycles. The average Bonchev–Trinajstić information content (AvgIpc) is 2.91. The Morgan fingerprint density at radius 3 is 1.00 bits per heavy atom. The first-order valence-electron chi connectivity index (χ1n) is 12.9. The second-order valence-electron chi connectivity index (χ2n) is 10.2. The molecule has 0 saturated heterocycles. The molecule has 42 heavy (non-hydrogen) atoms. The van der Waals surface area contributed by atoms with E-state index in [0.717, 1.165) is 0 Å².